The molecule has 0 fully saturated rings. The predicted octanol–water partition coefficient (Wildman–Crippen LogP) is 5.02. The number of aromatic nitrogens is 3. The van der Waals surface area contributed by atoms with Gasteiger partial charge in [-0.1, -0.05) is 42.1 Å². The number of anilines is 1. The number of furan rings is 1. The molecule has 0 saturated heterocycles. The van der Waals surface area contributed by atoms with E-state index in [0.29, 0.717) is 36.4 Å². The first-order valence-electron chi connectivity index (χ1n) is 11.2. The Kier molecular flexibility index (Phi) is 8.20. The molecule has 4 aromatic rings. The van der Waals surface area contributed by atoms with Gasteiger partial charge in [-0.05, 0) is 48.9 Å². The molecule has 0 N–H and O–H groups in total. The van der Waals surface area contributed by atoms with Crippen LogP contribution in [-0.4, -0.2) is 39.6 Å². The summed E-state index contributed by atoms with van der Waals surface area (Å²) in [6, 6.07) is 23.1. The highest BCUT2D eigenvalue weighted by molar-refractivity contribution is 7.99. The fourth-order valence-electron chi connectivity index (χ4n) is 3.54. The second-order valence-electron chi connectivity index (χ2n) is 7.52. The molecule has 178 valence electrons. The first-order valence-corrected chi connectivity index (χ1v) is 12.2. The molecule has 0 aliphatic rings. The molecule has 9 heteroatoms. The zero-order valence-electron chi connectivity index (χ0n) is 19.3. The van der Waals surface area contributed by atoms with E-state index in [2.05, 4.69) is 16.3 Å². The molecule has 0 unspecified atom stereocenters. The Morgan fingerprint density at radius 2 is 1.91 bits per heavy atom. The number of amides is 1. The third kappa shape index (κ3) is 6.11. The number of carbonyl (C=O) groups excluding carboxylic acids is 1. The maximum atomic E-state index is 13.2. The minimum Gasteiger partial charge on any atom is -0.494 e. The molecule has 0 atom stereocenters. The van der Waals surface area contributed by atoms with E-state index in [9.17, 15) is 4.79 Å². The minimum atomic E-state index is -0.122. The topological polar surface area (TPSA) is 97.2 Å². The second-order valence-corrected chi connectivity index (χ2v) is 8.47. The van der Waals surface area contributed by atoms with Crippen LogP contribution in [0.3, 0.4) is 0 Å². The van der Waals surface area contributed by atoms with Crippen molar-refractivity contribution in [3.05, 3.63) is 78.6 Å². The van der Waals surface area contributed by atoms with Crippen LogP contribution in [-0.2, 0) is 11.3 Å². The molecule has 0 aliphatic carbocycles. The lowest BCUT2D eigenvalue weighted by Crippen LogP contribution is -2.33. The van der Waals surface area contributed by atoms with Gasteiger partial charge in [0.1, 0.15) is 5.75 Å². The molecule has 8 nitrogen and oxygen atoms in total. The van der Waals surface area contributed by atoms with Crippen LogP contribution in [0.4, 0.5) is 5.69 Å². The van der Waals surface area contributed by atoms with Crippen LogP contribution in [0.25, 0.3) is 11.6 Å². The van der Waals surface area contributed by atoms with Gasteiger partial charge in [0, 0.05) is 12.2 Å². The summed E-state index contributed by atoms with van der Waals surface area (Å²) < 4.78 is 13.0. The lowest BCUT2D eigenvalue weighted by molar-refractivity contribution is -0.116. The average Bonchev–Trinajstić information content (AvgIpc) is 3.55. The van der Waals surface area contributed by atoms with E-state index >= 15 is 0 Å². The summed E-state index contributed by atoms with van der Waals surface area (Å²) in [4.78, 5) is 14.8. The van der Waals surface area contributed by atoms with Crippen molar-refractivity contribution < 1.29 is 13.9 Å². The predicted molar refractivity (Wildman–Crippen MR) is 134 cm³/mol. The standard InChI is InChI=1S/C26H25N5O3S/c1-2-33-22-13-11-21(12-14-22)30(16-7-15-27)24(32)19-35-26-29-28-25(23-10-6-17-34-23)31(26)18-20-8-4-3-5-9-20/h3-6,8-14,17H,2,7,16,18-19H2,1H3. The van der Waals surface area contributed by atoms with Crippen LogP contribution in [0.2, 0.25) is 0 Å². The number of rotatable bonds is 11. The zero-order valence-corrected chi connectivity index (χ0v) is 20.1. The van der Waals surface area contributed by atoms with Crippen molar-refractivity contribution in [1.29, 1.82) is 5.26 Å². The maximum absolute atomic E-state index is 13.2. The van der Waals surface area contributed by atoms with Gasteiger partial charge >= 0.3 is 0 Å². The third-order valence-electron chi connectivity index (χ3n) is 5.17. The van der Waals surface area contributed by atoms with Crippen LogP contribution < -0.4 is 9.64 Å². The highest BCUT2D eigenvalue weighted by atomic mass is 32.2. The Labute approximate surface area is 208 Å². The van der Waals surface area contributed by atoms with Crippen molar-refractivity contribution in [2.24, 2.45) is 0 Å². The monoisotopic (exact) mass is 487 g/mol. The number of thioether (sulfide) groups is 1. The Balaban J connectivity index is 1.53. The van der Waals surface area contributed by atoms with Gasteiger partial charge in [0.15, 0.2) is 10.9 Å². The zero-order chi connectivity index (χ0) is 24.5. The van der Waals surface area contributed by atoms with Crippen molar-refractivity contribution in [1.82, 2.24) is 14.8 Å². The Hall–Kier alpha value is -4.03. The van der Waals surface area contributed by atoms with Gasteiger partial charge in [-0.25, -0.2) is 0 Å². The van der Waals surface area contributed by atoms with Gasteiger partial charge in [0.25, 0.3) is 0 Å². The van der Waals surface area contributed by atoms with E-state index in [-0.39, 0.29) is 18.1 Å². The highest BCUT2D eigenvalue weighted by Gasteiger charge is 2.21. The molecule has 4 rings (SSSR count). The summed E-state index contributed by atoms with van der Waals surface area (Å²) >= 11 is 1.31. The molecule has 0 saturated carbocycles. The molecular formula is C26H25N5O3S. The number of hydrogen-bond acceptors (Lipinski definition) is 7. The van der Waals surface area contributed by atoms with Gasteiger partial charge in [0.2, 0.25) is 11.7 Å². The molecule has 0 radical (unpaired) electrons. The Bertz CT molecular complexity index is 1260. The van der Waals surface area contributed by atoms with E-state index in [4.69, 9.17) is 14.4 Å². The first kappa shape index (κ1) is 24.1. The minimum absolute atomic E-state index is 0.122. The fraction of sp³-hybridized carbons (Fsp3) is 0.231. The van der Waals surface area contributed by atoms with E-state index in [0.717, 1.165) is 17.0 Å². The molecule has 0 aliphatic heterocycles. The number of benzene rings is 2. The molecule has 1 amide bonds. The first-order chi connectivity index (χ1) is 17.2. The summed E-state index contributed by atoms with van der Waals surface area (Å²) in [5.74, 6) is 1.96. The van der Waals surface area contributed by atoms with E-state index < -0.39 is 0 Å². The molecule has 0 spiro atoms. The molecule has 2 heterocycles. The number of nitriles is 1. The van der Waals surface area contributed by atoms with E-state index in [1.54, 1.807) is 17.2 Å². The summed E-state index contributed by atoms with van der Waals surface area (Å²) in [7, 11) is 0. The van der Waals surface area contributed by atoms with Crippen molar-refractivity contribution >= 4 is 23.4 Å². The molecule has 0 bridgehead atoms. The Morgan fingerprint density at radius 3 is 2.60 bits per heavy atom. The lowest BCUT2D eigenvalue weighted by Gasteiger charge is -2.22. The van der Waals surface area contributed by atoms with Crippen molar-refractivity contribution in [2.45, 2.75) is 25.0 Å². The summed E-state index contributed by atoms with van der Waals surface area (Å²) in [5.41, 5.74) is 1.80. The average molecular weight is 488 g/mol. The van der Waals surface area contributed by atoms with Gasteiger partial charge in [-0.2, -0.15) is 5.26 Å². The van der Waals surface area contributed by atoms with Crippen LogP contribution in [0.1, 0.15) is 18.9 Å². The second kappa shape index (κ2) is 11.9. The summed E-state index contributed by atoms with van der Waals surface area (Å²) in [6.45, 7) is 3.33. The number of carbonyl (C=O) groups is 1. The largest absolute Gasteiger partial charge is 0.494 e. The van der Waals surface area contributed by atoms with Crippen LogP contribution in [0.15, 0.2) is 82.6 Å². The van der Waals surface area contributed by atoms with Crippen molar-refractivity contribution in [3.8, 4) is 23.4 Å². The van der Waals surface area contributed by atoms with Crippen LogP contribution in [0, 0.1) is 11.3 Å². The van der Waals surface area contributed by atoms with Gasteiger partial charge in [-0.3, -0.25) is 9.36 Å². The lowest BCUT2D eigenvalue weighted by atomic mass is 10.2. The SMILES string of the molecule is CCOc1ccc(N(CCC#N)C(=O)CSc2nnc(-c3ccco3)n2Cc2ccccc2)cc1. The third-order valence-corrected chi connectivity index (χ3v) is 6.13. The van der Waals surface area contributed by atoms with Crippen LogP contribution >= 0.6 is 11.8 Å². The van der Waals surface area contributed by atoms with E-state index in [1.165, 1.54) is 11.8 Å². The molecule has 2 aromatic carbocycles. The Morgan fingerprint density at radius 1 is 1.11 bits per heavy atom. The summed E-state index contributed by atoms with van der Waals surface area (Å²) in [5, 5.41) is 18.4. The highest BCUT2D eigenvalue weighted by Crippen LogP contribution is 2.27. The number of ether oxygens (including phenoxy) is 1. The normalized spacial score (nSPS) is 10.6. The van der Waals surface area contributed by atoms with Gasteiger partial charge in [0.05, 0.1) is 37.7 Å². The smallest absolute Gasteiger partial charge is 0.237 e. The quantitative estimate of drug-likeness (QED) is 0.274. The fourth-order valence-corrected chi connectivity index (χ4v) is 4.36. The molecule has 35 heavy (non-hydrogen) atoms. The molecular weight excluding hydrogens is 462 g/mol. The van der Waals surface area contributed by atoms with Crippen LogP contribution in [0.5, 0.6) is 5.75 Å². The number of hydrogen-bond donors (Lipinski definition) is 0. The van der Waals surface area contributed by atoms with Crippen molar-refractivity contribution in [2.75, 3.05) is 23.8 Å². The number of nitrogens with zero attached hydrogens (tertiary/aromatic N) is 5. The van der Waals surface area contributed by atoms with Crippen molar-refractivity contribution in [3.63, 3.8) is 0 Å². The maximum Gasteiger partial charge on any atom is 0.237 e. The van der Waals surface area contributed by atoms with Gasteiger partial charge in [-0.15, -0.1) is 10.2 Å². The van der Waals surface area contributed by atoms with Gasteiger partial charge < -0.3 is 14.1 Å². The summed E-state index contributed by atoms with van der Waals surface area (Å²) in [6.07, 6.45) is 1.83. The van der Waals surface area contributed by atoms with E-state index in [1.807, 2.05) is 72.2 Å². The molecule has 2 aromatic heterocycles.